The number of halogens is 2. The summed E-state index contributed by atoms with van der Waals surface area (Å²) >= 11 is 0. The first-order valence-corrected chi connectivity index (χ1v) is 13.9. The van der Waals surface area contributed by atoms with Crippen molar-refractivity contribution in [2.24, 2.45) is 0 Å². The fourth-order valence-electron chi connectivity index (χ4n) is 4.43. The van der Waals surface area contributed by atoms with Gasteiger partial charge >= 0.3 is 6.03 Å². The van der Waals surface area contributed by atoms with Crippen LogP contribution in [0.4, 0.5) is 13.6 Å². The van der Waals surface area contributed by atoms with E-state index >= 15 is 0 Å². The van der Waals surface area contributed by atoms with Gasteiger partial charge in [0.2, 0.25) is 0 Å². The second-order valence-electron chi connectivity index (χ2n) is 9.98. The highest BCUT2D eigenvalue weighted by molar-refractivity contribution is 6.00. The van der Waals surface area contributed by atoms with Crippen LogP contribution in [0.2, 0.25) is 0 Å². The number of rotatable bonds is 15. The van der Waals surface area contributed by atoms with Crippen LogP contribution in [0.3, 0.4) is 0 Å². The van der Waals surface area contributed by atoms with E-state index in [1.807, 2.05) is 20.8 Å². The minimum absolute atomic E-state index is 0.0536. The topological polar surface area (TPSA) is 111 Å². The Morgan fingerprint density at radius 2 is 1.45 bits per heavy atom. The molecule has 40 heavy (non-hydrogen) atoms. The van der Waals surface area contributed by atoms with Crippen molar-refractivity contribution < 1.29 is 28.3 Å². The van der Waals surface area contributed by atoms with Crippen molar-refractivity contribution in [2.75, 3.05) is 26.2 Å². The number of aryl methyl sites for hydroxylation is 1. The smallest absolute Gasteiger partial charge is 0.314 e. The predicted molar refractivity (Wildman–Crippen MR) is 151 cm³/mol. The normalized spacial score (nSPS) is 12.4. The summed E-state index contributed by atoms with van der Waals surface area (Å²) < 4.78 is 27.7. The lowest BCUT2D eigenvalue weighted by molar-refractivity contribution is 0.0755. The van der Waals surface area contributed by atoms with Gasteiger partial charge in [0.05, 0.1) is 12.1 Å². The molecule has 2 aromatic carbocycles. The van der Waals surface area contributed by atoms with Crippen molar-refractivity contribution in [3.8, 4) is 0 Å². The third-order valence-electron chi connectivity index (χ3n) is 6.28. The van der Waals surface area contributed by atoms with Crippen LogP contribution in [0, 0.1) is 18.6 Å². The molecule has 0 saturated carbocycles. The van der Waals surface area contributed by atoms with E-state index in [1.54, 1.807) is 24.0 Å². The van der Waals surface area contributed by atoms with Crippen molar-refractivity contribution in [3.05, 3.63) is 70.3 Å². The van der Waals surface area contributed by atoms with Crippen molar-refractivity contribution in [1.82, 2.24) is 20.9 Å². The average molecular weight is 561 g/mol. The van der Waals surface area contributed by atoms with Crippen LogP contribution >= 0.6 is 0 Å². The number of aliphatic hydroxyl groups excluding tert-OH is 1. The molecule has 4 amide bonds. The van der Waals surface area contributed by atoms with Crippen LogP contribution in [0.1, 0.15) is 78.3 Å². The van der Waals surface area contributed by atoms with Gasteiger partial charge in [0.25, 0.3) is 11.8 Å². The van der Waals surface area contributed by atoms with Crippen LogP contribution in [-0.2, 0) is 6.42 Å². The van der Waals surface area contributed by atoms with E-state index in [0.717, 1.165) is 43.0 Å². The number of urea groups is 1. The molecule has 0 radical (unpaired) electrons. The molecule has 4 N–H and O–H groups in total. The van der Waals surface area contributed by atoms with Gasteiger partial charge in [-0.3, -0.25) is 9.59 Å². The minimum Gasteiger partial charge on any atom is -0.391 e. The van der Waals surface area contributed by atoms with E-state index in [0.29, 0.717) is 25.2 Å². The number of nitrogens with one attached hydrogen (secondary N) is 3. The van der Waals surface area contributed by atoms with E-state index in [9.17, 15) is 28.3 Å². The van der Waals surface area contributed by atoms with E-state index in [4.69, 9.17) is 0 Å². The van der Waals surface area contributed by atoms with Gasteiger partial charge in [-0.15, -0.1) is 0 Å². The Kier molecular flexibility index (Phi) is 13.5. The summed E-state index contributed by atoms with van der Waals surface area (Å²) in [5, 5.41) is 19.0. The molecule has 0 aliphatic heterocycles. The fraction of sp³-hybridized carbons (Fsp3) is 0.500. The third-order valence-corrected chi connectivity index (χ3v) is 6.28. The first-order chi connectivity index (χ1) is 19.1. The quantitative estimate of drug-likeness (QED) is 0.260. The molecule has 0 spiro atoms. The van der Waals surface area contributed by atoms with Crippen molar-refractivity contribution in [3.63, 3.8) is 0 Å². The number of carbonyl (C=O) groups is 3. The van der Waals surface area contributed by atoms with Gasteiger partial charge in [0.15, 0.2) is 0 Å². The monoisotopic (exact) mass is 560 g/mol. The first-order valence-electron chi connectivity index (χ1n) is 13.9. The fourth-order valence-corrected chi connectivity index (χ4v) is 4.43. The summed E-state index contributed by atoms with van der Waals surface area (Å²) in [5.41, 5.74) is 1.59. The molecule has 2 aromatic rings. The Bertz CT molecular complexity index is 1120. The highest BCUT2D eigenvalue weighted by Gasteiger charge is 2.24. The maximum absolute atomic E-state index is 13.9. The van der Waals surface area contributed by atoms with Crippen LogP contribution in [-0.4, -0.2) is 66.2 Å². The van der Waals surface area contributed by atoms with Gasteiger partial charge in [-0.05, 0) is 80.5 Å². The zero-order chi connectivity index (χ0) is 29.7. The highest BCUT2D eigenvalue weighted by atomic mass is 19.1. The maximum Gasteiger partial charge on any atom is 0.314 e. The summed E-state index contributed by atoms with van der Waals surface area (Å²) in [4.78, 5) is 40.1. The number of hydrogen-bond donors (Lipinski definition) is 4. The van der Waals surface area contributed by atoms with Gasteiger partial charge in [-0.25, -0.2) is 13.6 Å². The number of hydrogen-bond acceptors (Lipinski definition) is 4. The van der Waals surface area contributed by atoms with Crippen LogP contribution in [0.25, 0.3) is 0 Å². The Labute approximate surface area is 235 Å². The van der Waals surface area contributed by atoms with Gasteiger partial charge in [0, 0.05) is 43.4 Å². The average Bonchev–Trinajstić information content (AvgIpc) is 2.90. The molecule has 0 unspecified atom stereocenters. The van der Waals surface area contributed by atoms with Gasteiger partial charge in [-0.2, -0.15) is 0 Å². The van der Waals surface area contributed by atoms with Gasteiger partial charge < -0.3 is 26.0 Å². The molecular formula is C30H42F2N4O4. The van der Waals surface area contributed by atoms with Gasteiger partial charge in [-0.1, -0.05) is 20.8 Å². The zero-order valence-electron chi connectivity index (χ0n) is 23.9. The highest BCUT2D eigenvalue weighted by Crippen LogP contribution is 2.16. The molecule has 0 saturated heterocycles. The van der Waals surface area contributed by atoms with Gasteiger partial charge in [0.1, 0.15) is 11.6 Å². The van der Waals surface area contributed by atoms with Crippen molar-refractivity contribution in [1.29, 1.82) is 0 Å². The summed E-state index contributed by atoms with van der Waals surface area (Å²) in [6.45, 7) is 9.53. The molecule has 2 atom stereocenters. The van der Waals surface area contributed by atoms with Crippen molar-refractivity contribution >= 4 is 17.8 Å². The molecule has 0 aliphatic rings. The minimum atomic E-state index is -1.14. The number of benzene rings is 2. The lowest BCUT2D eigenvalue weighted by Gasteiger charge is -2.25. The SMILES string of the molecule is CCCNC(=O)NCC[C@H](O)[C@H](Cc1cc(F)cc(F)c1)NC(=O)c1cc(C)cc(C(=O)N(CCC)CCC)c1. The van der Waals surface area contributed by atoms with E-state index < -0.39 is 29.7 Å². The standard InChI is InChI=1S/C30H42F2N4O4/c1-5-9-33-30(40)34-10-8-27(37)26(17-21-15-24(31)19-25(32)16-21)35-28(38)22-13-20(4)14-23(18-22)29(39)36(11-6-2)12-7-3/h13-16,18-19,26-27,37H,5-12,17H2,1-4H3,(H,35,38)(H2,33,34,40)/t26-,27-/m0/s1. The molecule has 0 aromatic heterocycles. The van der Waals surface area contributed by atoms with Crippen LogP contribution in [0.15, 0.2) is 36.4 Å². The lowest BCUT2D eigenvalue weighted by Crippen LogP contribution is -2.46. The maximum atomic E-state index is 13.9. The zero-order valence-corrected chi connectivity index (χ0v) is 23.9. The molecule has 0 fully saturated rings. The second kappa shape index (κ2) is 16.5. The number of nitrogens with zero attached hydrogens (tertiary/aromatic N) is 1. The van der Waals surface area contributed by atoms with Crippen molar-refractivity contribution in [2.45, 2.75) is 71.9 Å². The van der Waals surface area contributed by atoms with E-state index in [1.165, 1.54) is 6.07 Å². The Morgan fingerprint density at radius 3 is 2.05 bits per heavy atom. The molecule has 0 bridgehead atoms. The molecule has 0 heterocycles. The number of aliphatic hydroxyl groups is 1. The van der Waals surface area contributed by atoms with E-state index in [-0.39, 0.29) is 42.5 Å². The summed E-state index contributed by atoms with van der Waals surface area (Å²) in [6.07, 6.45) is 1.28. The Balaban J connectivity index is 2.25. The largest absolute Gasteiger partial charge is 0.391 e. The predicted octanol–water partition coefficient (Wildman–Crippen LogP) is 4.34. The van der Waals surface area contributed by atoms with E-state index in [2.05, 4.69) is 16.0 Å². The number of amides is 4. The third kappa shape index (κ3) is 10.6. The molecular weight excluding hydrogens is 518 g/mol. The molecule has 10 heteroatoms. The summed E-state index contributed by atoms with van der Waals surface area (Å²) in [7, 11) is 0. The second-order valence-corrected chi connectivity index (χ2v) is 9.98. The molecule has 220 valence electrons. The molecule has 2 rings (SSSR count). The summed E-state index contributed by atoms with van der Waals surface area (Å²) in [6, 6.07) is 6.63. The Hall–Kier alpha value is -3.53. The van der Waals surface area contributed by atoms with Crippen LogP contribution < -0.4 is 16.0 Å². The lowest BCUT2D eigenvalue weighted by atomic mass is 9.97. The first kappa shape index (κ1) is 32.7. The van der Waals surface area contributed by atoms with Crippen LogP contribution in [0.5, 0.6) is 0 Å². The number of carbonyl (C=O) groups excluding carboxylic acids is 3. The molecule has 8 nitrogen and oxygen atoms in total. The Morgan fingerprint density at radius 1 is 0.850 bits per heavy atom. The summed E-state index contributed by atoms with van der Waals surface area (Å²) in [5.74, 6) is -2.24. The molecule has 0 aliphatic carbocycles.